The van der Waals surface area contributed by atoms with E-state index in [1.807, 2.05) is 24.3 Å². The predicted octanol–water partition coefficient (Wildman–Crippen LogP) is 3.98. The third-order valence-electron chi connectivity index (χ3n) is 4.08. The summed E-state index contributed by atoms with van der Waals surface area (Å²) in [5, 5.41) is 3.99. The van der Waals surface area contributed by atoms with Crippen LogP contribution in [0.15, 0.2) is 28.8 Å². The number of anilines is 1. The van der Waals surface area contributed by atoms with Gasteiger partial charge in [0.1, 0.15) is 11.5 Å². The van der Waals surface area contributed by atoms with Crippen molar-refractivity contribution in [3.05, 3.63) is 30.0 Å². The molecule has 0 atom stereocenters. The molecule has 1 aliphatic carbocycles. The summed E-state index contributed by atoms with van der Waals surface area (Å²) in [7, 11) is 1.66. The van der Waals surface area contributed by atoms with Crippen molar-refractivity contribution in [3.63, 3.8) is 0 Å². The van der Waals surface area contributed by atoms with Crippen LogP contribution in [-0.2, 0) is 0 Å². The average Bonchev–Trinajstić information content (AvgIpc) is 2.90. The van der Waals surface area contributed by atoms with Crippen LogP contribution in [0.5, 0.6) is 5.75 Å². The van der Waals surface area contributed by atoms with Crippen molar-refractivity contribution in [2.75, 3.05) is 12.8 Å². The van der Waals surface area contributed by atoms with E-state index in [1.54, 1.807) is 7.11 Å². The summed E-state index contributed by atoms with van der Waals surface area (Å²) in [4.78, 5) is 0. The van der Waals surface area contributed by atoms with Gasteiger partial charge in [0.25, 0.3) is 0 Å². The number of hydrogen-bond donors (Lipinski definition) is 1. The molecule has 1 aliphatic rings. The van der Waals surface area contributed by atoms with E-state index < -0.39 is 0 Å². The van der Waals surface area contributed by atoms with Crippen LogP contribution in [0.1, 0.15) is 43.8 Å². The Morgan fingerprint density at radius 1 is 1.25 bits per heavy atom. The van der Waals surface area contributed by atoms with Crippen LogP contribution in [0.25, 0.3) is 11.1 Å². The topological polar surface area (TPSA) is 61.3 Å². The average molecular weight is 272 g/mol. The lowest BCUT2D eigenvalue weighted by Gasteiger charge is -2.20. The minimum Gasteiger partial charge on any atom is -0.497 e. The molecule has 2 aromatic rings. The lowest BCUT2D eigenvalue weighted by Crippen LogP contribution is -2.05. The van der Waals surface area contributed by atoms with Crippen molar-refractivity contribution >= 4 is 5.82 Å². The number of nitrogens with zero attached hydrogens (tertiary/aromatic N) is 1. The van der Waals surface area contributed by atoms with Gasteiger partial charge in [0, 0.05) is 5.92 Å². The summed E-state index contributed by atoms with van der Waals surface area (Å²) >= 11 is 0. The highest BCUT2D eigenvalue weighted by Gasteiger charge is 2.25. The van der Waals surface area contributed by atoms with Crippen LogP contribution >= 0.6 is 0 Å². The van der Waals surface area contributed by atoms with Gasteiger partial charge in [-0.1, -0.05) is 36.6 Å². The van der Waals surface area contributed by atoms with E-state index in [2.05, 4.69) is 5.16 Å². The Bertz CT molecular complexity index is 586. The smallest absolute Gasteiger partial charge is 0.175 e. The molecule has 106 valence electrons. The Balaban J connectivity index is 2.01. The molecule has 3 rings (SSSR count). The van der Waals surface area contributed by atoms with Gasteiger partial charge >= 0.3 is 0 Å². The normalized spacial score (nSPS) is 16.2. The molecule has 0 amide bonds. The summed E-state index contributed by atoms with van der Waals surface area (Å²) in [6, 6.07) is 7.89. The molecule has 1 fully saturated rings. The summed E-state index contributed by atoms with van der Waals surface area (Å²) in [6.45, 7) is 0. The van der Waals surface area contributed by atoms with Gasteiger partial charge in [-0.15, -0.1) is 0 Å². The molecular formula is C16H20N2O2. The number of methoxy groups -OCH3 is 1. The van der Waals surface area contributed by atoms with E-state index in [-0.39, 0.29) is 0 Å². The van der Waals surface area contributed by atoms with Gasteiger partial charge in [-0.2, -0.15) is 0 Å². The number of ether oxygens (including phenoxy) is 1. The Kier molecular flexibility index (Phi) is 3.63. The summed E-state index contributed by atoms with van der Waals surface area (Å²) in [6.07, 6.45) is 6.14. The molecule has 4 heteroatoms. The number of rotatable bonds is 3. The van der Waals surface area contributed by atoms with E-state index in [9.17, 15) is 0 Å². The van der Waals surface area contributed by atoms with Crippen LogP contribution in [-0.4, -0.2) is 12.3 Å². The van der Waals surface area contributed by atoms with Gasteiger partial charge in [0.05, 0.1) is 12.7 Å². The van der Waals surface area contributed by atoms with Crippen molar-refractivity contribution in [1.29, 1.82) is 0 Å². The first kappa shape index (κ1) is 13.0. The fourth-order valence-corrected chi connectivity index (χ4v) is 3.03. The van der Waals surface area contributed by atoms with E-state index in [1.165, 1.54) is 19.3 Å². The van der Waals surface area contributed by atoms with Crippen molar-refractivity contribution in [3.8, 4) is 16.9 Å². The molecule has 4 nitrogen and oxygen atoms in total. The minimum absolute atomic E-state index is 0.440. The molecule has 0 radical (unpaired) electrons. The highest BCUT2D eigenvalue weighted by Crippen LogP contribution is 2.41. The molecule has 1 aromatic heterocycles. The van der Waals surface area contributed by atoms with Crippen molar-refractivity contribution in [2.45, 2.75) is 38.0 Å². The molecule has 0 saturated heterocycles. The zero-order chi connectivity index (χ0) is 13.9. The van der Waals surface area contributed by atoms with Gasteiger partial charge in [-0.05, 0) is 30.5 Å². The van der Waals surface area contributed by atoms with Gasteiger partial charge in [0.15, 0.2) is 5.82 Å². The molecule has 1 heterocycles. The first-order chi connectivity index (χ1) is 9.79. The molecule has 0 bridgehead atoms. The summed E-state index contributed by atoms with van der Waals surface area (Å²) < 4.78 is 10.8. The second-order valence-electron chi connectivity index (χ2n) is 5.37. The lowest BCUT2D eigenvalue weighted by atomic mass is 9.85. The van der Waals surface area contributed by atoms with Crippen molar-refractivity contribution < 1.29 is 9.26 Å². The SMILES string of the molecule is COc1cccc(-c2c(N)noc2C2CCCCC2)c1. The highest BCUT2D eigenvalue weighted by molar-refractivity contribution is 5.76. The summed E-state index contributed by atoms with van der Waals surface area (Å²) in [5.74, 6) is 2.67. The zero-order valence-corrected chi connectivity index (χ0v) is 11.8. The third kappa shape index (κ3) is 2.38. The third-order valence-corrected chi connectivity index (χ3v) is 4.08. The molecule has 0 spiro atoms. The minimum atomic E-state index is 0.440. The van der Waals surface area contributed by atoms with Crippen molar-refractivity contribution in [2.24, 2.45) is 0 Å². The number of nitrogen functional groups attached to an aromatic ring is 1. The summed E-state index contributed by atoms with van der Waals surface area (Å²) in [5.41, 5.74) is 7.98. The molecule has 2 N–H and O–H groups in total. The number of aromatic nitrogens is 1. The number of nitrogens with two attached hydrogens (primary N) is 1. The van der Waals surface area contributed by atoms with Gasteiger partial charge in [-0.25, -0.2) is 0 Å². The van der Waals surface area contributed by atoms with Gasteiger partial charge < -0.3 is 15.0 Å². The predicted molar refractivity (Wildman–Crippen MR) is 78.7 cm³/mol. The first-order valence-corrected chi connectivity index (χ1v) is 7.19. The Morgan fingerprint density at radius 2 is 2.05 bits per heavy atom. The standard InChI is InChI=1S/C16H20N2O2/c1-19-13-9-5-8-12(10-13)14-15(20-18-16(14)17)11-6-3-2-4-7-11/h5,8-11H,2-4,6-7H2,1H3,(H2,17,18). The Labute approximate surface area is 118 Å². The maximum absolute atomic E-state index is 6.03. The lowest BCUT2D eigenvalue weighted by molar-refractivity contribution is 0.323. The van der Waals surface area contributed by atoms with E-state index in [0.29, 0.717) is 11.7 Å². The molecule has 0 aliphatic heterocycles. The fourth-order valence-electron chi connectivity index (χ4n) is 3.03. The highest BCUT2D eigenvalue weighted by atomic mass is 16.5. The largest absolute Gasteiger partial charge is 0.497 e. The quantitative estimate of drug-likeness (QED) is 0.918. The van der Waals surface area contributed by atoms with Crippen LogP contribution in [0.2, 0.25) is 0 Å². The zero-order valence-electron chi connectivity index (χ0n) is 11.8. The maximum atomic E-state index is 6.03. The maximum Gasteiger partial charge on any atom is 0.175 e. The molecule has 1 saturated carbocycles. The second-order valence-corrected chi connectivity index (χ2v) is 5.37. The first-order valence-electron chi connectivity index (χ1n) is 7.19. The molecule has 0 unspecified atom stereocenters. The van der Waals surface area contributed by atoms with Crippen LogP contribution in [0, 0.1) is 0 Å². The monoisotopic (exact) mass is 272 g/mol. The molecular weight excluding hydrogens is 252 g/mol. The number of benzene rings is 1. The molecule has 20 heavy (non-hydrogen) atoms. The fraction of sp³-hybridized carbons (Fsp3) is 0.438. The van der Waals surface area contributed by atoms with Gasteiger partial charge in [-0.3, -0.25) is 0 Å². The van der Waals surface area contributed by atoms with Crippen molar-refractivity contribution in [1.82, 2.24) is 5.16 Å². The molecule has 1 aromatic carbocycles. The van der Waals surface area contributed by atoms with Crippen LogP contribution in [0.4, 0.5) is 5.82 Å². The van der Waals surface area contributed by atoms with E-state index in [4.69, 9.17) is 15.0 Å². The Hall–Kier alpha value is -1.97. The van der Waals surface area contributed by atoms with Crippen LogP contribution in [0.3, 0.4) is 0 Å². The van der Waals surface area contributed by atoms with E-state index in [0.717, 1.165) is 35.5 Å². The van der Waals surface area contributed by atoms with E-state index >= 15 is 0 Å². The second kappa shape index (κ2) is 5.57. The van der Waals surface area contributed by atoms with Crippen LogP contribution < -0.4 is 10.5 Å². The number of hydrogen-bond acceptors (Lipinski definition) is 4. The Morgan fingerprint density at radius 3 is 2.80 bits per heavy atom. The van der Waals surface area contributed by atoms with Gasteiger partial charge in [0.2, 0.25) is 0 Å².